The van der Waals surface area contributed by atoms with Gasteiger partial charge in [0, 0.05) is 43.9 Å². The quantitative estimate of drug-likeness (QED) is 0.436. The lowest BCUT2D eigenvalue weighted by Crippen LogP contribution is -2.30. The Labute approximate surface area is 231 Å². The van der Waals surface area contributed by atoms with E-state index < -0.39 is 0 Å². The molecular weight excluding hydrogens is 508 g/mol. The number of carbonyl (C=O) groups excluding carboxylic acids is 2. The Morgan fingerprint density at radius 3 is 2.98 bits per heavy atom. The summed E-state index contributed by atoms with van der Waals surface area (Å²) >= 11 is 0. The van der Waals surface area contributed by atoms with E-state index in [1.165, 1.54) is 18.3 Å². The Hall–Kier alpha value is -5.08. The number of hydrogen-bond acceptors (Lipinski definition) is 8. The zero-order valence-corrected chi connectivity index (χ0v) is 21.9. The van der Waals surface area contributed by atoms with Gasteiger partial charge in [-0.05, 0) is 43.0 Å². The Balaban J connectivity index is 1.43. The van der Waals surface area contributed by atoms with Crippen molar-refractivity contribution in [2.45, 2.75) is 25.3 Å². The number of allylic oxidation sites excluding steroid dienone is 4. The SMILES string of the molecule is COC/C=C/C(=O)N1CCC[C@H]1c1nc(C2=CCC=C(C(=O)Nc3cc(C#N)ccn3)C=C2)c2c(N)nccn12. The Morgan fingerprint density at radius 2 is 2.15 bits per heavy atom. The van der Waals surface area contributed by atoms with Gasteiger partial charge in [-0.25, -0.2) is 15.0 Å². The average molecular weight is 537 g/mol. The highest BCUT2D eigenvalue weighted by Gasteiger charge is 2.33. The molecule has 11 nitrogen and oxygen atoms in total. The molecule has 1 saturated heterocycles. The van der Waals surface area contributed by atoms with E-state index in [9.17, 15) is 9.59 Å². The first-order valence-corrected chi connectivity index (χ1v) is 12.8. The van der Waals surface area contributed by atoms with Gasteiger partial charge >= 0.3 is 0 Å². The highest BCUT2D eigenvalue weighted by molar-refractivity contribution is 6.06. The van der Waals surface area contributed by atoms with Gasteiger partial charge in [0.2, 0.25) is 5.91 Å². The van der Waals surface area contributed by atoms with Crippen LogP contribution in [0.1, 0.15) is 42.4 Å². The van der Waals surface area contributed by atoms with Crippen molar-refractivity contribution in [1.29, 1.82) is 5.26 Å². The number of ether oxygens (including phenoxy) is 1. The van der Waals surface area contributed by atoms with Crippen molar-refractivity contribution in [1.82, 2.24) is 24.3 Å². The van der Waals surface area contributed by atoms with Gasteiger partial charge in [0.25, 0.3) is 5.91 Å². The van der Waals surface area contributed by atoms with E-state index in [0.717, 1.165) is 18.4 Å². The maximum Gasteiger partial charge on any atom is 0.256 e. The summed E-state index contributed by atoms with van der Waals surface area (Å²) < 4.78 is 6.93. The standard InChI is InChI=1S/C29H28N8O3/c1-40-16-4-8-24(38)36-14-3-7-22(36)28-35-25(26-27(31)33-13-15-37(26)28)20-5-2-6-21(10-9-20)29(39)34-23-17-19(18-30)11-12-32-23/h4-6,8-13,15,17,22H,2-3,7,14,16H2,1H3,(H2,31,33)(H,32,34,39)/b8-4+/t22-/m0/s1. The van der Waals surface area contributed by atoms with E-state index in [0.29, 0.717) is 59.4 Å². The van der Waals surface area contributed by atoms with Crippen LogP contribution in [0.2, 0.25) is 0 Å². The largest absolute Gasteiger partial charge is 0.382 e. The van der Waals surface area contributed by atoms with E-state index in [1.807, 2.05) is 27.5 Å². The number of likely N-dealkylation sites (tertiary alicyclic amines) is 1. The number of nitrogen functional groups attached to an aromatic ring is 1. The zero-order valence-electron chi connectivity index (χ0n) is 21.9. The number of rotatable bonds is 7. The zero-order chi connectivity index (χ0) is 28.1. The number of anilines is 2. The first kappa shape index (κ1) is 26.5. The first-order valence-electron chi connectivity index (χ1n) is 12.8. The predicted octanol–water partition coefficient (Wildman–Crippen LogP) is 3.35. The van der Waals surface area contributed by atoms with Gasteiger partial charge in [0.15, 0.2) is 0 Å². The molecule has 0 spiro atoms. The molecule has 1 atom stereocenters. The van der Waals surface area contributed by atoms with Crippen molar-refractivity contribution in [3.63, 3.8) is 0 Å². The molecule has 1 fully saturated rings. The summed E-state index contributed by atoms with van der Waals surface area (Å²) in [7, 11) is 1.58. The number of nitrogens with two attached hydrogens (primary N) is 1. The molecule has 0 saturated carbocycles. The third-order valence-corrected chi connectivity index (χ3v) is 6.75. The Morgan fingerprint density at radius 1 is 1.27 bits per heavy atom. The third kappa shape index (κ3) is 5.39. The van der Waals surface area contributed by atoms with Crippen molar-refractivity contribution >= 4 is 34.5 Å². The smallest absolute Gasteiger partial charge is 0.256 e. The van der Waals surface area contributed by atoms with Gasteiger partial charge in [-0.3, -0.25) is 14.0 Å². The van der Waals surface area contributed by atoms with Gasteiger partial charge in [-0.2, -0.15) is 5.26 Å². The second kappa shape index (κ2) is 11.8. The second-order valence-electron chi connectivity index (χ2n) is 9.28. The molecule has 0 bridgehead atoms. The van der Waals surface area contributed by atoms with Gasteiger partial charge in [0.1, 0.15) is 23.0 Å². The van der Waals surface area contributed by atoms with Crippen molar-refractivity contribution < 1.29 is 14.3 Å². The van der Waals surface area contributed by atoms with Crippen LogP contribution in [0.4, 0.5) is 11.6 Å². The molecule has 2 aliphatic rings. The maximum atomic E-state index is 12.9. The Bertz CT molecular complexity index is 1630. The summed E-state index contributed by atoms with van der Waals surface area (Å²) in [6.45, 7) is 0.989. The molecule has 4 heterocycles. The molecule has 3 aromatic heterocycles. The molecule has 0 unspecified atom stereocenters. The van der Waals surface area contributed by atoms with Crippen LogP contribution in [-0.2, 0) is 14.3 Å². The highest BCUT2D eigenvalue weighted by atomic mass is 16.5. The van der Waals surface area contributed by atoms with Crippen LogP contribution >= 0.6 is 0 Å². The van der Waals surface area contributed by atoms with E-state index in [-0.39, 0.29) is 17.9 Å². The molecule has 2 amide bonds. The highest BCUT2D eigenvalue weighted by Crippen LogP contribution is 2.36. The molecule has 0 aromatic carbocycles. The van der Waals surface area contributed by atoms with Crippen molar-refractivity contribution in [3.8, 4) is 6.07 Å². The lowest BCUT2D eigenvalue weighted by molar-refractivity contribution is -0.127. The van der Waals surface area contributed by atoms with Crippen LogP contribution in [0.5, 0.6) is 0 Å². The van der Waals surface area contributed by atoms with E-state index >= 15 is 0 Å². The number of hydrogen-bond donors (Lipinski definition) is 2. The summed E-state index contributed by atoms with van der Waals surface area (Å²) in [6.07, 6.45) is 17.5. The molecule has 40 heavy (non-hydrogen) atoms. The van der Waals surface area contributed by atoms with Crippen molar-refractivity contribution in [2.75, 3.05) is 31.3 Å². The first-order chi connectivity index (χ1) is 19.5. The van der Waals surface area contributed by atoms with Gasteiger partial charge in [0.05, 0.1) is 30.0 Å². The molecular formula is C29H28N8O3. The van der Waals surface area contributed by atoms with E-state index in [2.05, 4.69) is 15.3 Å². The number of fused-ring (bicyclic) bond motifs is 1. The number of amides is 2. The normalized spacial score (nSPS) is 17.0. The topological polar surface area (TPSA) is 152 Å². The Kier molecular flexibility index (Phi) is 7.80. The molecule has 1 aliphatic carbocycles. The van der Waals surface area contributed by atoms with Crippen molar-refractivity contribution in [3.05, 3.63) is 89.8 Å². The second-order valence-corrected chi connectivity index (χ2v) is 9.28. The van der Waals surface area contributed by atoms with Gasteiger partial charge < -0.3 is 20.7 Å². The molecule has 1 aliphatic heterocycles. The number of carbonyl (C=O) groups is 2. The van der Waals surface area contributed by atoms with E-state index in [4.69, 9.17) is 20.7 Å². The lowest BCUT2D eigenvalue weighted by atomic mass is 10.1. The van der Waals surface area contributed by atoms with Gasteiger partial charge in [-0.15, -0.1) is 0 Å². The summed E-state index contributed by atoms with van der Waals surface area (Å²) in [5, 5.41) is 11.8. The number of nitrogens with one attached hydrogen (secondary N) is 1. The number of pyridine rings is 1. The fourth-order valence-corrected chi connectivity index (χ4v) is 4.89. The number of nitriles is 1. The maximum absolute atomic E-state index is 12.9. The number of methoxy groups -OCH3 is 1. The molecule has 3 N–H and O–H groups in total. The molecule has 5 rings (SSSR count). The van der Waals surface area contributed by atoms with Crippen LogP contribution in [0.15, 0.2) is 72.8 Å². The minimum atomic E-state index is -0.341. The number of nitrogens with zero attached hydrogens (tertiary/aromatic N) is 6. The molecule has 202 valence electrons. The number of imidazole rings is 1. The summed E-state index contributed by atoms with van der Waals surface area (Å²) in [5.41, 5.74) is 9.25. The van der Waals surface area contributed by atoms with Crippen LogP contribution in [-0.4, -0.2) is 56.3 Å². The summed E-state index contributed by atoms with van der Waals surface area (Å²) in [6, 6.07) is 4.89. The lowest BCUT2D eigenvalue weighted by Gasteiger charge is -2.22. The summed E-state index contributed by atoms with van der Waals surface area (Å²) in [5.74, 6) is 0.889. The van der Waals surface area contributed by atoms with Crippen LogP contribution < -0.4 is 11.1 Å². The number of aromatic nitrogens is 4. The minimum absolute atomic E-state index is 0.0943. The van der Waals surface area contributed by atoms with Crippen LogP contribution in [0, 0.1) is 11.3 Å². The molecule has 3 aromatic rings. The van der Waals surface area contributed by atoms with Crippen LogP contribution in [0.3, 0.4) is 0 Å². The third-order valence-electron chi connectivity index (χ3n) is 6.75. The predicted molar refractivity (Wildman–Crippen MR) is 150 cm³/mol. The van der Waals surface area contributed by atoms with E-state index in [1.54, 1.807) is 43.8 Å². The molecule has 11 heteroatoms. The minimum Gasteiger partial charge on any atom is -0.382 e. The monoisotopic (exact) mass is 536 g/mol. The van der Waals surface area contributed by atoms with Crippen LogP contribution in [0.25, 0.3) is 11.1 Å². The fraction of sp³-hybridized carbons (Fsp3) is 0.241. The van der Waals surface area contributed by atoms with Gasteiger partial charge in [-0.1, -0.05) is 24.3 Å². The summed E-state index contributed by atoms with van der Waals surface area (Å²) in [4.78, 5) is 41.1. The van der Waals surface area contributed by atoms with Crippen molar-refractivity contribution in [2.24, 2.45) is 0 Å². The average Bonchev–Trinajstić information content (AvgIpc) is 3.52. The fourth-order valence-electron chi connectivity index (χ4n) is 4.89. The molecule has 0 radical (unpaired) electrons.